The van der Waals surface area contributed by atoms with E-state index in [1.165, 1.54) is 24.1 Å². The van der Waals surface area contributed by atoms with Crippen molar-refractivity contribution in [1.82, 2.24) is 14.8 Å². The largest absolute Gasteiger partial charge is 0.507 e. The maximum Gasteiger partial charge on any atom is 0.295 e. The van der Waals surface area contributed by atoms with Crippen molar-refractivity contribution in [1.29, 1.82) is 0 Å². The van der Waals surface area contributed by atoms with E-state index >= 15 is 0 Å². The van der Waals surface area contributed by atoms with Crippen LogP contribution >= 0.6 is 0 Å². The van der Waals surface area contributed by atoms with Crippen LogP contribution in [0.1, 0.15) is 17.2 Å². The van der Waals surface area contributed by atoms with Crippen LogP contribution in [0.3, 0.4) is 0 Å². The molecule has 1 saturated heterocycles. The molecule has 0 saturated carbocycles. The molecule has 7 nitrogen and oxygen atoms in total. The number of aromatic nitrogens is 1. The van der Waals surface area contributed by atoms with Gasteiger partial charge in [0.15, 0.2) is 11.6 Å². The number of benzene rings is 1. The second-order valence-electron chi connectivity index (χ2n) is 6.93. The Morgan fingerprint density at radius 3 is 2.66 bits per heavy atom. The third-order valence-electron chi connectivity index (χ3n) is 4.75. The number of carbonyl (C=O) groups excluding carboxylic acids is 2. The summed E-state index contributed by atoms with van der Waals surface area (Å²) in [5, 5.41) is 10.9. The number of methoxy groups -OCH3 is 1. The van der Waals surface area contributed by atoms with Gasteiger partial charge in [0, 0.05) is 31.0 Å². The number of Topliss-reactive ketones (excluding diaryl/α,β-unsaturated/α-hetero) is 1. The minimum atomic E-state index is -0.814. The van der Waals surface area contributed by atoms with Crippen molar-refractivity contribution >= 4 is 17.4 Å². The molecule has 1 N–H and O–H groups in total. The highest BCUT2D eigenvalue weighted by molar-refractivity contribution is 6.46. The predicted molar refractivity (Wildman–Crippen MR) is 105 cm³/mol. The zero-order valence-corrected chi connectivity index (χ0v) is 16.4. The lowest BCUT2D eigenvalue weighted by molar-refractivity contribution is -0.140. The van der Waals surface area contributed by atoms with Crippen LogP contribution in [-0.2, 0) is 9.59 Å². The Morgan fingerprint density at radius 1 is 1.31 bits per heavy atom. The lowest BCUT2D eigenvalue weighted by Gasteiger charge is -2.26. The van der Waals surface area contributed by atoms with Crippen LogP contribution in [0.15, 0.2) is 48.3 Å². The number of rotatable bonds is 6. The summed E-state index contributed by atoms with van der Waals surface area (Å²) >= 11 is 0. The molecular formula is C21H22FN3O4. The van der Waals surface area contributed by atoms with E-state index in [1.54, 1.807) is 24.5 Å². The van der Waals surface area contributed by atoms with Crippen molar-refractivity contribution in [3.05, 3.63) is 65.2 Å². The molecular weight excluding hydrogens is 377 g/mol. The van der Waals surface area contributed by atoms with Gasteiger partial charge < -0.3 is 19.6 Å². The lowest BCUT2D eigenvalue weighted by atomic mass is 9.96. The molecule has 1 atom stereocenters. The van der Waals surface area contributed by atoms with Crippen molar-refractivity contribution in [3.8, 4) is 5.75 Å². The summed E-state index contributed by atoms with van der Waals surface area (Å²) in [5.41, 5.74) is 0.579. The minimum Gasteiger partial charge on any atom is -0.507 e. The van der Waals surface area contributed by atoms with Crippen LogP contribution < -0.4 is 4.74 Å². The number of hydrogen-bond donors (Lipinski definition) is 1. The summed E-state index contributed by atoms with van der Waals surface area (Å²) in [5.74, 6) is -2.64. The fourth-order valence-electron chi connectivity index (χ4n) is 3.27. The molecule has 1 amide bonds. The number of amides is 1. The number of nitrogens with zero attached hydrogens (tertiary/aromatic N) is 3. The molecule has 1 aromatic heterocycles. The maximum atomic E-state index is 14.1. The van der Waals surface area contributed by atoms with Gasteiger partial charge in [0.1, 0.15) is 5.76 Å². The quantitative estimate of drug-likeness (QED) is 0.456. The van der Waals surface area contributed by atoms with E-state index in [0.29, 0.717) is 12.1 Å². The zero-order valence-electron chi connectivity index (χ0n) is 16.4. The fourth-order valence-corrected chi connectivity index (χ4v) is 3.27. The van der Waals surface area contributed by atoms with Gasteiger partial charge in [0.05, 0.1) is 18.7 Å². The summed E-state index contributed by atoms with van der Waals surface area (Å²) < 4.78 is 19.0. The molecule has 0 unspecified atom stereocenters. The highest BCUT2D eigenvalue weighted by Gasteiger charge is 2.46. The van der Waals surface area contributed by atoms with Gasteiger partial charge in [-0.25, -0.2) is 4.39 Å². The predicted octanol–water partition coefficient (Wildman–Crippen LogP) is 2.21. The molecule has 29 heavy (non-hydrogen) atoms. The molecule has 1 aromatic carbocycles. The Hall–Kier alpha value is -3.26. The third-order valence-corrected chi connectivity index (χ3v) is 4.75. The topological polar surface area (TPSA) is 83.0 Å². The first-order valence-corrected chi connectivity index (χ1v) is 9.02. The first-order chi connectivity index (χ1) is 13.8. The van der Waals surface area contributed by atoms with Gasteiger partial charge in [-0.05, 0) is 43.9 Å². The second-order valence-corrected chi connectivity index (χ2v) is 6.93. The van der Waals surface area contributed by atoms with Gasteiger partial charge in [-0.1, -0.05) is 6.07 Å². The number of likely N-dealkylation sites (tertiary alicyclic amines) is 1. The summed E-state index contributed by atoms with van der Waals surface area (Å²) in [6.45, 7) is 0.811. The number of hydrogen-bond acceptors (Lipinski definition) is 6. The highest BCUT2D eigenvalue weighted by atomic mass is 19.1. The van der Waals surface area contributed by atoms with Crippen molar-refractivity contribution < 1.29 is 23.8 Å². The Morgan fingerprint density at radius 2 is 2.07 bits per heavy atom. The van der Waals surface area contributed by atoms with E-state index in [0.717, 1.165) is 6.07 Å². The molecule has 1 aliphatic heterocycles. The number of carbonyl (C=O) groups is 2. The normalized spacial score (nSPS) is 18.5. The molecule has 0 bridgehead atoms. The van der Waals surface area contributed by atoms with Crippen LogP contribution in [0, 0.1) is 5.82 Å². The second kappa shape index (κ2) is 8.40. The van der Waals surface area contributed by atoms with E-state index in [2.05, 4.69) is 4.98 Å². The standard InChI is InChI=1S/C21H22FN3O4/c1-24(2)9-10-25-18(14-5-4-8-23-12-14)17(20(27)21(25)28)19(26)13-6-7-16(29-3)15(22)11-13/h4-8,11-12,18,26H,9-10H2,1-3H3/b19-17+/t18-/m1/s1. The first-order valence-electron chi connectivity index (χ1n) is 9.02. The molecule has 8 heteroatoms. The van der Waals surface area contributed by atoms with Crippen molar-refractivity contribution in [3.63, 3.8) is 0 Å². The maximum absolute atomic E-state index is 14.1. The molecule has 2 heterocycles. The summed E-state index contributed by atoms with van der Waals surface area (Å²) in [6, 6.07) is 6.47. The van der Waals surface area contributed by atoms with Gasteiger partial charge in [0.25, 0.3) is 11.7 Å². The SMILES string of the molecule is COc1ccc(/C(O)=C2\C(=O)C(=O)N(CCN(C)C)[C@@H]2c2cccnc2)cc1F. The first kappa shape index (κ1) is 20.5. The zero-order chi connectivity index (χ0) is 21.1. The lowest BCUT2D eigenvalue weighted by Crippen LogP contribution is -2.35. The number of ether oxygens (including phenoxy) is 1. The number of aliphatic hydroxyl groups is 1. The summed E-state index contributed by atoms with van der Waals surface area (Å²) in [4.78, 5) is 32.9. The Bertz CT molecular complexity index is 960. The minimum absolute atomic E-state index is 0.0109. The summed E-state index contributed by atoms with van der Waals surface area (Å²) in [7, 11) is 5.04. The van der Waals surface area contributed by atoms with Gasteiger partial charge in [-0.3, -0.25) is 14.6 Å². The van der Waals surface area contributed by atoms with Gasteiger partial charge in [-0.2, -0.15) is 0 Å². The highest BCUT2D eigenvalue weighted by Crippen LogP contribution is 2.39. The van der Waals surface area contributed by atoms with E-state index in [-0.39, 0.29) is 23.4 Å². The smallest absolute Gasteiger partial charge is 0.295 e. The third kappa shape index (κ3) is 3.97. The number of halogens is 1. The van der Waals surface area contributed by atoms with E-state index in [1.807, 2.05) is 19.0 Å². The molecule has 3 rings (SSSR count). The number of ketones is 1. The average molecular weight is 399 g/mol. The van der Waals surface area contributed by atoms with E-state index in [4.69, 9.17) is 4.74 Å². The Kier molecular flexibility index (Phi) is 5.93. The number of pyridine rings is 1. The molecule has 2 aromatic rings. The Labute approximate surface area is 168 Å². The van der Waals surface area contributed by atoms with Gasteiger partial charge in [-0.15, -0.1) is 0 Å². The average Bonchev–Trinajstić information content (AvgIpc) is 2.97. The molecule has 0 spiro atoms. The van der Waals surface area contributed by atoms with Crippen molar-refractivity contribution in [2.45, 2.75) is 6.04 Å². The van der Waals surface area contributed by atoms with Crippen molar-refractivity contribution in [2.24, 2.45) is 0 Å². The van der Waals surface area contributed by atoms with E-state index < -0.39 is 29.3 Å². The summed E-state index contributed by atoms with van der Waals surface area (Å²) in [6.07, 6.45) is 3.12. The molecule has 0 radical (unpaired) electrons. The van der Waals surface area contributed by atoms with Crippen LogP contribution in [0.2, 0.25) is 0 Å². The molecule has 1 aliphatic rings. The molecule has 1 fully saturated rings. The van der Waals surface area contributed by atoms with Crippen LogP contribution in [0.4, 0.5) is 4.39 Å². The monoisotopic (exact) mass is 399 g/mol. The molecule has 152 valence electrons. The number of aliphatic hydroxyl groups excluding tert-OH is 1. The van der Waals surface area contributed by atoms with Crippen LogP contribution in [-0.4, -0.2) is 65.9 Å². The van der Waals surface area contributed by atoms with Crippen LogP contribution in [0.5, 0.6) is 5.75 Å². The Balaban J connectivity index is 2.13. The van der Waals surface area contributed by atoms with Crippen LogP contribution in [0.25, 0.3) is 5.76 Å². The van der Waals surface area contributed by atoms with Gasteiger partial charge in [0.2, 0.25) is 0 Å². The van der Waals surface area contributed by atoms with Crippen molar-refractivity contribution in [2.75, 3.05) is 34.3 Å². The van der Waals surface area contributed by atoms with E-state index in [9.17, 15) is 19.1 Å². The molecule has 0 aliphatic carbocycles. The van der Waals surface area contributed by atoms with Gasteiger partial charge >= 0.3 is 0 Å². The number of likely N-dealkylation sites (N-methyl/N-ethyl adjacent to an activating group) is 1. The fraction of sp³-hybridized carbons (Fsp3) is 0.286.